The minimum atomic E-state index is 0.313. The van der Waals surface area contributed by atoms with Gasteiger partial charge in [0.05, 0.1) is 0 Å². The van der Waals surface area contributed by atoms with Crippen molar-refractivity contribution in [2.45, 2.75) is 25.9 Å². The molecule has 3 heteroatoms. The van der Waals surface area contributed by atoms with Crippen LogP contribution in [0.4, 0.5) is 0 Å². The van der Waals surface area contributed by atoms with Gasteiger partial charge in [0, 0.05) is 17.4 Å². The molecule has 1 N–H and O–H groups in total. The predicted octanol–water partition coefficient (Wildman–Crippen LogP) is 3.00. The second-order valence-electron chi connectivity index (χ2n) is 5.33. The number of nitrogens with one attached hydrogen (secondary N) is 1. The number of ether oxygens (including phenoxy) is 1. The van der Waals surface area contributed by atoms with E-state index in [4.69, 9.17) is 4.74 Å². The fourth-order valence-corrected chi connectivity index (χ4v) is 2.92. The van der Waals surface area contributed by atoms with Gasteiger partial charge in [0.1, 0.15) is 11.9 Å². The van der Waals surface area contributed by atoms with Crippen molar-refractivity contribution < 1.29 is 4.74 Å². The summed E-state index contributed by atoms with van der Waals surface area (Å²) in [6.07, 6.45) is 2.74. The first-order valence-corrected chi connectivity index (χ1v) is 7.17. The molecule has 3 atom stereocenters. The van der Waals surface area contributed by atoms with Crippen LogP contribution in [-0.2, 0) is 6.42 Å². The Morgan fingerprint density at radius 2 is 2.24 bits per heavy atom. The first-order chi connectivity index (χ1) is 8.22. The highest BCUT2D eigenvalue weighted by molar-refractivity contribution is 9.10. The van der Waals surface area contributed by atoms with Gasteiger partial charge in [-0.2, -0.15) is 0 Å². The summed E-state index contributed by atoms with van der Waals surface area (Å²) in [4.78, 5) is 0. The normalized spacial score (nSPS) is 29.9. The van der Waals surface area contributed by atoms with Gasteiger partial charge in [-0.3, -0.25) is 0 Å². The summed E-state index contributed by atoms with van der Waals surface area (Å²) in [6, 6.07) is 6.27. The molecule has 3 rings (SSSR count). The maximum atomic E-state index is 5.91. The van der Waals surface area contributed by atoms with Crippen molar-refractivity contribution in [1.82, 2.24) is 5.32 Å². The van der Waals surface area contributed by atoms with Crippen molar-refractivity contribution >= 4 is 15.9 Å². The van der Waals surface area contributed by atoms with Gasteiger partial charge in [-0.15, -0.1) is 0 Å². The molecule has 1 heterocycles. The summed E-state index contributed by atoms with van der Waals surface area (Å²) in [5.41, 5.74) is 1.32. The highest BCUT2D eigenvalue weighted by Gasteiger charge is 2.32. The highest BCUT2D eigenvalue weighted by atomic mass is 79.9. The molecule has 1 aromatic carbocycles. The number of hydrogen-bond donors (Lipinski definition) is 1. The third kappa shape index (κ3) is 2.66. The molecular weight excluding hydrogens is 278 g/mol. The van der Waals surface area contributed by atoms with Gasteiger partial charge >= 0.3 is 0 Å². The molecule has 0 spiro atoms. The highest BCUT2D eigenvalue weighted by Crippen LogP contribution is 2.37. The summed E-state index contributed by atoms with van der Waals surface area (Å²) < 4.78 is 7.05. The fraction of sp³-hybridized carbons (Fsp3) is 0.571. The molecule has 0 aromatic heterocycles. The molecule has 1 aromatic rings. The zero-order valence-corrected chi connectivity index (χ0v) is 11.7. The first kappa shape index (κ1) is 11.5. The van der Waals surface area contributed by atoms with Gasteiger partial charge in [0.25, 0.3) is 0 Å². The molecule has 1 aliphatic heterocycles. The lowest BCUT2D eigenvalue weighted by atomic mass is 10.1. The maximum Gasteiger partial charge on any atom is 0.123 e. The molecule has 17 heavy (non-hydrogen) atoms. The second-order valence-corrected chi connectivity index (χ2v) is 6.24. The Labute approximate surface area is 111 Å². The molecule has 2 nitrogen and oxygen atoms in total. The Hall–Kier alpha value is -0.540. The largest absolute Gasteiger partial charge is 0.488 e. The van der Waals surface area contributed by atoms with Gasteiger partial charge in [-0.1, -0.05) is 22.9 Å². The van der Waals surface area contributed by atoms with E-state index in [2.05, 4.69) is 40.3 Å². The smallest absolute Gasteiger partial charge is 0.123 e. The summed E-state index contributed by atoms with van der Waals surface area (Å²) in [5.74, 6) is 2.90. The van der Waals surface area contributed by atoms with E-state index in [1.807, 2.05) is 6.07 Å². The number of benzene rings is 1. The monoisotopic (exact) mass is 295 g/mol. The van der Waals surface area contributed by atoms with E-state index in [0.717, 1.165) is 41.6 Å². The Morgan fingerprint density at radius 3 is 3.00 bits per heavy atom. The minimum Gasteiger partial charge on any atom is -0.488 e. The van der Waals surface area contributed by atoms with Gasteiger partial charge < -0.3 is 10.1 Å². The van der Waals surface area contributed by atoms with E-state index in [0.29, 0.717) is 6.10 Å². The van der Waals surface area contributed by atoms with Crippen LogP contribution in [0.15, 0.2) is 22.7 Å². The third-order valence-corrected chi connectivity index (χ3v) is 4.31. The molecule has 92 valence electrons. The van der Waals surface area contributed by atoms with Crippen molar-refractivity contribution in [3.8, 4) is 5.75 Å². The van der Waals surface area contributed by atoms with Crippen molar-refractivity contribution in [2.24, 2.45) is 11.8 Å². The lowest BCUT2D eigenvalue weighted by Gasteiger charge is -2.11. The number of hydrogen-bond acceptors (Lipinski definition) is 2. The average Bonchev–Trinajstić information content (AvgIpc) is 2.85. The Bertz CT molecular complexity index is 421. The Morgan fingerprint density at radius 1 is 1.41 bits per heavy atom. The van der Waals surface area contributed by atoms with E-state index in [1.165, 1.54) is 12.0 Å². The van der Waals surface area contributed by atoms with Gasteiger partial charge in [-0.25, -0.2) is 0 Å². The molecule has 0 amide bonds. The molecule has 1 aliphatic carbocycles. The number of fused-ring (bicyclic) bond motifs is 1. The molecule has 1 saturated carbocycles. The molecule has 2 aliphatic rings. The number of halogens is 1. The van der Waals surface area contributed by atoms with Crippen molar-refractivity contribution in [3.63, 3.8) is 0 Å². The zero-order valence-electron chi connectivity index (χ0n) is 10.1. The van der Waals surface area contributed by atoms with Crippen molar-refractivity contribution in [3.05, 3.63) is 28.2 Å². The van der Waals surface area contributed by atoms with Crippen molar-refractivity contribution in [1.29, 1.82) is 0 Å². The zero-order chi connectivity index (χ0) is 11.8. The van der Waals surface area contributed by atoms with Crippen LogP contribution >= 0.6 is 15.9 Å². The van der Waals surface area contributed by atoms with E-state index >= 15 is 0 Å². The summed E-state index contributed by atoms with van der Waals surface area (Å²) in [6.45, 7) is 4.45. The summed E-state index contributed by atoms with van der Waals surface area (Å²) in [5, 5.41) is 3.53. The summed E-state index contributed by atoms with van der Waals surface area (Å²) >= 11 is 3.50. The van der Waals surface area contributed by atoms with E-state index in [1.54, 1.807) is 0 Å². The fourth-order valence-electron chi connectivity index (χ4n) is 2.52. The SMILES string of the molecule is CC1CC1CNCC1Cc2cc(Br)ccc2O1. The average molecular weight is 296 g/mol. The molecule has 0 bridgehead atoms. The maximum absolute atomic E-state index is 5.91. The quantitative estimate of drug-likeness (QED) is 0.922. The first-order valence-electron chi connectivity index (χ1n) is 6.38. The lowest BCUT2D eigenvalue weighted by Crippen LogP contribution is -2.31. The lowest BCUT2D eigenvalue weighted by molar-refractivity contribution is 0.227. The Kier molecular flexibility index (Phi) is 3.14. The molecular formula is C14H18BrNO. The summed E-state index contributed by atoms with van der Waals surface area (Å²) in [7, 11) is 0. The van der Waals surface area contributed by atoms with Gasteiger partial charge in [-0.05, 0) is 48.6 Å². The van der Waals surface area contributed by atoms with Gasteiger partial charge in [0.15, 0.2) is 0 Å². The van der Waals surface area contributed by atoms with E-state index in [9.17, 15) is 0 Å². The topological polar surface area (TPSA) is 21.3 Å². The van der Waals surface area contributed by atoms with Crippen LogP contribution < -0.4 is 10.1 Å². The van der Waals surface area contributed by atoms with E-state index < -0.39 is 0 Å². The van der Waals surface area contributed by atoms with Crippen LogP contribution in [0.2, 0.25) is 0 Å². The van der Waals surface area contributed by atoms with Crippen LogP contribution in [0.25, 0.3) is 0 Å². The number of rotatable bonds is 4. The van der Waals surface area contributed by atoms with Crippen LogP contribution in [0, 0.1) is 11.8 Å². The molecule has 1 fully saturated rings. The van der Waals surface area contributed by atoms with Crippen LogP contribution in [0.5, 0.6) is 5.75 Å². The predicted molar refractivity (Wildman–Crippen MR) is 72.4 cm³/mol. The van der Waals surface area contributed by atoms with Gasteiger partial charge in [0.2, 0.25) is 0 Å². The Balaban J connectivity index is 1.48. The molecule has 0 saturated heterocycles. The standard InChI is InChI=1S/C14H18BrNO/c1-9-4-11(9)7-16-8-13-6-10-5-12(15)2-3-14(10)17-13/h2-3,5,9,11,13,16H,4,6-8H2,1H3. The van der Waals surface area contributed by atoms with Crippen LogP contribution in [0.1, 0.15) is 18.9 Å². The van der Waals surface area contributed by atoms with E-state index in [-0.39, 0.29) is 0 Å². The van der Waals surface area contributed by atoms with Crippen LogP contribution in [0.3, 0.4) is 0 Å². The van der Waals surface area contributed by atoms with Crippen LogP contribution in [-0.4, -0.2) is 19.2 Å². The third-order valence-electron chi connectivity index (χ3n) is 3.82. The minimum absolute atomic E-state index is 0.313. The second kappa shape index (κ2) is 4.62. The van der Waals surface area contributed by atoms with Crippen molar-refractivity contribution in [2.75, 3.05) is 13.1 Å². The molecule has 0 radical (unpaired) electrons. The molecule has 3 unspecified atom stereocenters.